The maximum absolute atomic E-state index is 12.5. The van der Waals surface area contributed by atoms with E-state index >= 15 is 0 Å². The van der Waals surface area contributed by atoms with Crippen molar-refractivity contribution in [1.29, 1.82) is 0 Å². The fourth-order valence-electron chi connectivity index (χ4n) is 2.68. The fraction of sp³-hybridized carbons (Fsp3) is 0.350. The molecule has 0 unspecified atom stereocenters. The van der Waals surface area contributed by atoms with Crippen molar-refractivity contribution in [2.45, 2.75) is 45.7 Å². The molecule has 0 aromatic heterocycles. The second kappa shape index (κ2) is 8.97. The molecule has 2 aromatic rings. The van der Waals surface area contributed by atoms with E-state index in [9.17, 15) is 14.9 Å². The first-order valence-corrected chi connectivity index (χ1v) is 9.17. The molecule has 0 aliphatic rings. The topological polar surface area (TPSA) is 84.3 Å². The average Bonchev–Trinajstić information content (AvgIpc) is 2.63. The maximum atomic E-state index is 12.5. The van der Waals surface area contributed by atoms with Gasteiger partial charge >= 0.3 is 0 Å². The molecule has 27 heavy (non-hydrogen) atoms. The fourth-order valence-corrected chi connectivity index (χ4v) is 2.84. The van der Waals surface area contributed by atoms with Crippen LogP contribution in [-0.2, 0) is 4.79 Å². The molecule has 2 atom stereocenters. The summed E-state index contributed by atoms with van der Waals surface area (Å²) in [4.78, 5) is 22.8. The number of hydrogen-bond acceptors (Lipinski definition) is 4. The second-order valence-corrected chi connectivity index (χ2v) is 7.25. The van der Waals surface area contributed by atoms with Gasteiger partial charge in [-0.2, -0.15) is 0 Å². The van der Waals surface area contributed by atoms with E-state index in [0.29, 0.717) is 5.92 Å². The van der Waals surface area contributed by atoms with Crippen LogP contribution in [0.5, 0.6) is 0 Å². The summed E-state index contributed by atoms with van der Waals surface area (Å²) < 4.78 is 0. The summed E-state index contributed by atoms with van der Waals surface area (Å²) in [6.45, 7) is 8.00. The van der Waals surface area contributed by atoms with Crippen LogP contribution in [0.1, 0.15) is 50.8 Å². The number of hydrogen-bond donors (Lipinski definition) is 2. The molecule has 2 N–H and O–H groups in total. The minimum Gasteiger partial charge on any atom is -0.323 e. The molecule has 0 spiro atoms. The van der Waals surface area contributed by atoms with Crippen molar-refractivity contribution >= 4 is 28.9 Å². The molecule has 0 saturated heterocycles. The first kappa shape index (κ1) is 20.9. The lowest BCUT2D eigenvalue weighted by Gasteiger charge is -2.20. The molecule has 2 aromatic carbocycles. The minimum absolute atomic E-state index is 0.0347. The van der Waals surface area contributed by atoms with Crippen molar-refractivity contribution in [2.75, 3.05) is 5.32 Å². The zero-order chi connectivity index (χ0) is 20.1. The predicted molar refractivity (Wildman–Crippen MR) is 108 cm³/mol. The zero-order valence-electron chi connectivity index (χ0n) is 15.8. The normalized spacial score (nSPS) is 13.3. The number of nitrogens with zero attached hydrogens (tertiary/aromatic N) is 1. The van der Waals surface area contributed by atoms with Gasteiger partial charge in [0.1, 0.15) is 0 Å². The highest BCUT2D eigenvalue weighted by atomic mass is 35.5. The van der Waals surface area contributed by atoms with Gasteiger partial charge in [0.15, 0.2) is 0 Å². The Morgan fingerprint density at radius 1 is 1.04 bits per heavy atom. The van der Waals surface area contributed by atoms with Gasteiger partial charge in [0, 0.05) is 18.2 Å². The van der Waals surface area contributed by atoms with Crippen LogP contribution in [0.3, 0.4) is 0 Å². The summed E-state index contributed by atoms with van der Waals surface area (Å²) in [5, 5.41) is 17.0. The molecule has 1 amide bonds. The third-order valence-electron chi connectivity index (χ3n) is 4.42. The molecule has 6 nitrogen and oxygen atoms in total. The number of amides is 1. The molecular weight excluding hydrogens is 366 g/mol. The zero-order valence-corrected chi connectivity index (χ0v) is 16.6. The largest absolute Gasteiger partial charge is 0.323 e. The molecule has 144 valence electrons. The van der Waals surface area contributed by atoms with Crippen LogP contribution in [0.15, 0.2) is 42.5 Å². The SMILES string of the molecule is CC(C)c1ccc([C@@H](C)N[C@@H](C)C(=O)Nc2cc([N+](=O)[O-])ccc2Cl)cc1. The highest BCUT2D eigenvalue weighted by molar-refractivity contribution is 6.33. The Kier molecular flexibility index (Phi) is 6.93. The summed E-state index contributed by atoms with van der Waals surface area (Å²) in [6.07, 6.45) is 0. The standard InChI is InChI=1S/C20H24ClN3O3/c1-12(2)15-5-7-16(8-6-15)13(3)22-14(4)20(25)23-19-11-17(24(26)27)9-10-18(19)21/h5-14,22H,1-4H3,(H,23,25)/t13-,14+/m1/s1. The van der Waals surface area contributed by atoms with Gasteiger partial charge in [0.05, 0.1) is 21.7 Å². The number of nitro benzene ring substituents is 1. The molecule has 0 heterocycles. The van der Waals surface area contributed by atoms with Crippen LogP contribution in [0.4, 0.5) is 11.4 Å². The summed E-state index contributed by atoms with van der Waals surface area (Å²) in [7, 11) is 0. The summed E-state index contributed by atoms with van der Waals surface area (Å²) in [5.74, 6) is 0.148. The number of halogens is 1. The number of carbonyl (C=O) groups excluding carboxylic acids is 1. The van der Waals surface area contributed by atoms with Gasteiger partial charge in [-0.3, -0.25) is 20.2 Å². The Balaban J connectivity index is 2.03. The Labute approximate surface area is 164 Å². The van der Waals surface area contributed by atoms with Gasteiger partial charge in [-0.15, -0.1) is 0 Å². The van der Waals surface area contributed by atoms with Gasteiger partial charge in [0.2, 0.25) is 5.91 Å². The smallest absolute Gasteiger partial charge is 0.271 e. The quantitative estimate of drug-likeness (QED) is 0.512. The van der Waals surface area contributed by atoms with E-state index in [-0.39, 0.29) is 28.3 Å². The van der Waals surface area contributed by atoms with Crippen LogP contribution in [0, 0.1) is 10.1 Å². The lowest BCUT2D eigenvalue weighted by molar-refractivity contribution is -0.384. The van der Waals surface area contributed by atoms with Crippen molar-refractivity contribution in [3.63, 3.8) is 0 Å². The monoisotopic (exact) mass is 389 g/mol. The van der Waals surface area contributed by atoms with Gasteiger partial charge in [-0.1, -0.05) is 49.7 Å². The van der Waals surface area contributed by atoms with E-state index in [4.69, 9.17) is 11.6 Å². The van der Waals surface area contributed by atoms with E-state index in [1.165, 1.54) is 23.8 Å². The summed E-state index contributed by atoms with van der Waals surface area (Å²) >= 11 is 6.03. The molecule has 7 heteroatoms. The number of benzene rings is 2. The van der Waals surface area contributed by atoms with Gasteiger partial charge in [0.25, 0.3) is 5.69 Å². The van der Waals surface area contributed by atoms with Crippen LogP contribution < -0.4 is 10.6 Å². The van der Waals surface area contributed by atoms with Crippen molar-refractivity contribution < 1.29 is 9.72 Å². The van der Waals surface area contributed by atoms with Crippen molar-refractivity contribution in [1.82, 2.24) is 5.32 Å². The molecule has 0 aliphatic carbocycles. The summed E-state index contributed by atoms with van der Waals surface area (Å²) in [6, 6.07) is 11.7. The van der Waals surface area contributed by atoms with Crippen LogP contribution in [-0.4, -0.2) is 16.9 Å². The van der Waals surface area contributed by atoms with E-state index in [0.717, 1.165) is 5.56 Å². The van der Waals surface area contributed by atoms with Crippen molar-refractivity contribution in [2.24, 2.45) is 0 Å². The minimum atomic E-state index is -0.531. The number of carbonyl (C=O) groups is 1. The lowest BCUT2D eigenvalue weighted by atomic mass is 9.99. The molecule has 0 bridgehead atoms. The van der Waals surface area contributed by atoms with Crippen LogP contribution in [0.2, 0.25) is 5.02 Å². The first-order chi connectivity index (χ1) is 12.7. The first-order valence-electron chi connectivity index (χ1n) is 8.79. The van der Waals surface area contributed by atoms with Crippen molar-refractivity contribution in [3.05, 3.63) is 68.7 Å². The van der Waals surface area contributed by atoms with Crippen LogP contribution >= 0.6 is 11.6 Å². The Morgan fingerprint density at radius 2 is 1.63 bits per heavy atom. The predicted octanol–water partition coefficient (Wildman–Crippen LogP) is 5.05. The number of rotatable bonds is 7. The molecule has 2 rings (SSSR count). The number of nitrogens with one attached hydrogen (secondary N) is 2. The average molecular weight is 390 g/mol. The highest BCUT2D eigenvalue weighted by Crippen LogP contribution is 2.27. The Hall–Kier alpha value is -2.44. The molecule has 0 saturated carbocycles. The lowest BCUT2D eigenvalue weighted by Crippen LogP contribution is -2.39. The third kappa shape index (κ3) is 5.52. The molecule has 0 radical (unpaired) electrons. The van der Waals surface area contributed by atoms with Crippen LogP contribution in [0.25, 0.3) is 0 Å². The van der Waals surface area contributed by atoms with Gasteiger partial charge in [-0.25, -0.2) is 0 Å². The van der Waals surface area contributed by atoms with Gasteiger partial charge < -0.3 is 5.32 Å². The van der Waals surface area contributed by atoms with E-state index in [1.54, 1.807) is 6.92 Å². The van der Waals surface area contributed by atoms with Crippen molar-refractivity contribution in [3.8, 4) is 0 Å². The number of non-ortho nitro benzene ring substituents is 1. The van der Waals surface area contributed by atoms with E-state index in [2.05, 4.69) is 48.7 Å². The third-order valence-corrected chi connectivity index (χ3v) is 4.74. The second-order valence-electron chi connectivity index (χ2n) is 6.84. The highest BCUT2D eigenvalue weighted by Gasteiger charge is 2.19. The van der Waals surface area contributed by atoms with Gasteiger partial charge in [-0.05, 0) is 37.0 Å². The van der Waals surface area contributed by atoms with E-state index < -0.39 is 11.0 Å². The number of anilines is 1. The summed E-state index contributed by atoms with van der Waals surface area (Å²) in [5.41, 5.74) is 2.43. The molecule has 0 fully saturated rings. The van der Waals surface area contributed by atoms with E-state index in [1.807, 2.05) is 6.92 Å². The Morgan fingerprint density at radius 3 is 2.19 bits per heavy atom. The molecule has 0 aliphatic heterocycles. The maximum Gasteiger partial charge on any atom is 0.271 e. The Bertz CT molecular complexity index is 822. The number of nitro groups is 1. The molecular formula is C20H24ClN3O3.